The Morgan fingerprint density at radius 2 is 1.75 bits per heavy atom. The summed E-state index contributed by atoms with van der Waals surface area (Å²) in [6, 6.07) is 12.7. The molecule has 0 aliphatic carbocycles. The van der Waals surface area contributed by atoms with Gasteiger partial charge in [0.15, 0.2) is 11.4 Å². The van der Waals surface area contributed by atoms with E-state index >= 15 is 0 Å². The lowest BCUT2D eigenvalue weighted by molar-refractivity contribution is -0.384. The zero-order chi connectivity index (χ0) is 19.4. The molecule has 3 heterocycles. The van der Waals surface area contributed by atoms with Crippen molar-refractivity contribution in [1.82, 2.24) is 18.9 Å². The first-order chi connectivity index (χ1) is 13.5. The Balaban J connectivity index is 1.99. The Kier molecular flexibility index (Phi) is 3.20. The van der Waals surface area contributed by atoms with Gasteiger partial charge in [0.25, 0.3) is 11.2 Å². The second-order valence-electron chi connectivity index (χ2n) is 6.23. The second-order valence-corrected chi connectivity index (χ2v) is 6.23. The van der Waals surface area contributed by atoms with Gasteiger partial charge in [-0.1, -0.05) is 18.2 Å². The first-order valence-electron chi connectivity index (χ1n) is 8.30. The quantitative estimate of drug-likeness (QED) is 0.376. The fourth-order valence-corrected chi connectivity index (χ4v) is 3.36. The Labute approximate surface area is 155 Å². The molecule has 0 bridgehead atoms. The maximum absolute atomic E-state index is 13.3. The molecule has 0 saturated carbocycles. The van der Waals surface area contributed by atoms with Gasteiger partial charge in [-0.2, -0.15) is 0 Å². The first-order valence-corrected chi connectivity index (χ1v) is 8.30. The van der Waals surface area contributed by atoms with Crippen molar-refractivity contribution < 1.29 is 10.0 Å². The van der Waals surface area contributed by atoms with Crippen LogP contribution in [-0.2, 0) is 0 Å². The number of benzene rings is 2. The van der Waals surface area contributed by atoms with E-state index in [9.17, 15) is 20.0 Å². The van der Waals surface area contributed by atoms with Crippen molar-refractivity contribution in [3.8, 4) is 11.4 Å². The SMILES string of the molecule is O=c1c2ccccc2c2nc3ncc(O)cn3c2n1-c1ccc([N+](=O)[O-])cc1. The Morgan fingerprint density at radius 3 is 2.46 bits per heavy atom. The number of non-ortho nitro benzene ring substituents is 1. The second kappa shape index (κ2) is 5.61. The highest BCUT2D eigenvalue weighted by Gasteiger charge is 2.18. The van der Waals surface area contributed by atoms with Gasteiger partial charge in [-0.15, -0.1) is 0 Å². The average Bonchev–Trinajstić information content (AvgIpc) is 3.07. The Hall–Kier alpha value is -4.27. The largest absolute Gasteiger partial charge is 0.505 e. The summed E-state index contributed by atoms with van der Waals surface area (Å²) in [5.74, 6) is 0.238. The zero-order valence-corrected chi connectivity index (χ0v) is 14.2. The van der Waals surface area contributed by atoms with E-state index in [-0.39, 0.29) is 17.0 Å². The minimum atomic E-state index is -0.501. The highest BCUT2D eigenvalue weighted by Crippen LogP contribution is 2.26. The number of rotatable bonds is 2. The standard InChI is InChI=1S/C19H11N5O4/c25-13-9-20-19-21-16-14-3-1-2-4-15(14)18(26)23(17(16)22(19)10-13)11-5-7-12(8-6-11)24(27)28/h1-10,25H. The van der Waals surface area contributed by atoms with Crippen molar-refractivity contribution in [2.45, 2.75) is 0 Å². The van der Waals surface area contributed by atoms with E-state index in [0.717, 1.165) is 0 Å². The molecule has 9 heteroatoms. The number of hydrogen-bond acceptors (Lipinski definition) is 6. The summed E-state index contributed by atoms with van der Waals surface area (Å²) < 4.78 is 2.95. The third-order valence-electron chi connectivity index (χ3n) is 4.59. The molecular formula is C19H11N5O4. The van der Waals surface area contributed by atoms with E-state index in [1.54, 1.807) is 18.2 Å². The molecule has 0 atom stereocenters. The third-order valence-corrected chi connectivity index (χ3v) is 4.59. The van der Waals surface area contributed by atoms with Gasteiger partial charge in [0.2, 0.25) is 5.78 Å². The molecule has 0 amide bonds. The van der Waals surface area contributed by atoms with Crippen LogP contribution >= 0.6 is 0 Å². The molecule has 0 spiro atoms. The number of nitrogens with zero attached hydrogens (tertiary/aromatic N) is 5. The molecule has 5 aromatic rings. The van der Waals surface area contributed by atoms with Crippen LogP contribution in [0.2, 0.25) is 0 Å². The summed E-state index contributed by atoms with van der Waals surface area (Å²) in [6.45, 7) is 0. The van der Waals surface area contributed by atoms with Crippen LogP contribution in [0.4, 0.5) is 5.69 Å². The van der Waals surface area contributed by atoms with Crippen molar-refractivity contribution in [1.29, 1.82) is 0 Å². The van der Waals surface area contributed by atoms with E-state index < -0.39 is 4.92 Å². The molecule has 2 aromatic carbocycles. The molecule has 28 heavy (non-hydrogen) atoms. The van der Waals surface area contributed by atoms with Crippen LogP contribution in [0.1, 0.15) is 0 Å². The molecule has 0 radical (unpaired) electrons. The summed E-state index contributed by atoms with van der Waals surface area (Å²) in [6.07, 6.45) is 2.70. The van der Waals surface area contributed by atoms with Gasteiger partial charge in [0, 0.05) is 22.9 Å². The molecule has 136 valence electrons. The first kappa shape index (κ1) is 15.9. The summed E-state index contributed by atoms with van der Waals surface area (Å²) in [5.41, 5.74) is 1.01. The van der Waals surface area contributed by atoms with Crippen molar-refractivity contribution in [3.63, 3.8) is 0 Å². The van der Waals surface area contributed by atoms with E-state index in [1.807, 2.05) is 6.07 Å². The third kappa shape index (κ3) is 2.16. The molecule has 0 saturated heterocycles. The van der Waals surface area contributed by atoms with E-state index in [4.69, 9.17) is 0 Å². The lowest BCUT2D eigenvalue weighted by atomic mass is 10.1. The van der Waals surface area contributed by atoms with Crippen LogP contribution in [0, 0.1) is 10.1 Å². The van der Waals surface area contributed by atoms with Gasteiger partial charge in [0.05, 0.1) is 23.0 Å². The minimum Gasteiger partial charge on any atom is -0.505 e. The number of fused-ring (bicyclic) bond motifs is 5. The summed E-state index contributed by atoms with van der Waals surface area (Å²) >= 11 is 0. The van der Waals surface area contributed by atoms with Crippen LogP contribution in [0.15, 0.2) is 65.7 Å². The molecule has 0 fully saturated rings. The molecule has 3 aromatic heterocycles. The van der Waals surface area contributed by atoms with Gasteiger partial charge < -0.3 is 5.11 Å². The molecular weight excluding hydrogens is 362 g/mol. The molecule has 5 rings (SSSR count). The van der Waals surface area contributed by atoms with Crippen LogP contribution in [0.3, 0.4) is 0 Å². The molecule has 0 aliphatic heterocycles. The number of nitro groups is 1. The van der Waals surface area contributed by atoms with Gasteiger partial charge in [-0.05, 0) is 18.2 Å². The maximum atomic E-state index is 13.3. The monoisotopic (exact) mass is 373 g/mol. The fourth-order valence-electron chi connectivity index (χ4n) is 3.36. The van der Waals surface area contributed by atoms with Crippen molar-refractivity contribution >= 4 is 33.4 Å². The molecule has 1 N–H and O–H groups in total. The number of aromatic nitrogens is 4. The van der Waals surface area contributed by atoms with Crippen molar-refractivity contribution in [2.24, 2.45) is 0 Å². The fraction of sp³-hybridized carbons (Fsp3) is 0. The van der Waals surface area contributed by atoms with Gasteiger partial charge >= 0.3 is 0 Å². The Bertz CT molecular complexity index is 1470. The normalized spacial score (nSPS) is 11.4. The summed E-state index contributed by atoms with van der Waals surface area (Å²) in [7, 11) is 0. The molecule has 9 nitrogen and oxygen atoms in total. The van der Waals surface area contributed by atoms with E-state index in [0.29, 0.717) is 33.4 Å². The van der Waals surface area contributed by atoms with E-state index in [2.05, 4.69) is 9.97 Å². The van der Waals surface area contributed by atoms with Crippen LogP contribution < -0.4 is 5.56 Å². The predicted octanol–water partition coefficient (Wildman–Crippen LogP) is 2.80. The van der Waals surface area contributed by atoms with Crippen molar-refractivity contribution in [3.05, 3.63) is 81.4 Å². The van der Waals surface area contributed by atoms with Gasteiger partial charge in [0.1, 0.15) is 5.52 Å². The van der Waals surface area contributed by atoms with Crippen LogP contribution in [0.25, 0.3) is 33.4 Å². The van der Waals surface area contributed by atoms with Gasteiger partial charge in [-0.3, -0.25) is 23.9 Å². The van der Waals surface area contributed by atoms with Crippen molar-refractivity contribution in [2.75, 3.05) is 0 Å². The van der Waals surface area contributed by atoms with E-state index in [1.165, 1.54) is 45.6 Å². The summed E-state index contributed by atoms with van der Waals surface area (Å²) in [4.78, 5) is 32.4. The summed E-state index contributed by atoms with van der Waals surface area (Å²) in [5, 5.41) is 22.0. The van der Waals surface area contributed by atoms with Crippen LogP contribution in [0.5, 0.6) is 5.75 Å². The number of hydrogen-bond donors (Lipinski definition) is 1. The number of imidazole rings is 1. The number of nitro benzene ring substituents is 1. The van der Waals surface area contributed by atoms with Gasteiger partial charge in [-0.25, -0.2) is 9.97 Å². The molecule has 0 aliphatic rings. The number of pyridine rings is 1. The number of aromatic hydroxyl groups is 1. The topological polar surface area (TPSA) is 116 Å². The molecule has 0 unspecified atom stereocenters. The Morgan fingerprint density at radius 1 is 1.04 bits per heavy atom. The zero-order valence-electron chi connectivity index (χ0n) is 14.2. The predicted molar refractivity (Wildman–Crippen MR) is 102 cm³/mol. The lowest BCUT2D eigenvalue weighted by Crippen LogP contribution is -2.20. The highest BCUT2D eigenvalue weighted by atomic mass is 16.6. The smallest absolute Gasteiger partial charge is 0.269 e. The van der Waals surface area contributed by atoms with Crippen LogP contribution in [-0.4, -0.2) is 29.0 Å². The average molecular weight is 373 g/mol. The highest BCUT2D eigenvalue weighted by molar-refractivity contribution is 6.04. The maximum Gasteiger partial charge on any atom is 0.269 e. The minimum absolute atomic E-state index is 0.0775. The lowest BCUT2D eigenvalue weighted by Gasteiger charge is -2.10.